The second-order valence-corrected chi connectivity index (χ2v) is 9.89. The predicted molar refractivity (Wildman–Crippen MR) is 147 cm³/mol. The third-order valence-corrected chi connectivity index (χ3v) is 7.37. The predicted octanol–water partition coefficient (Wildman–Crippen LogP) is 5.72. The van der Waals surface area contributed by atoms with Crippen molar-refractivity contribution in [1.29, 1.82) is 0 Å². The lowest BCUT2D eigenvalue weighted by Gasteiger charge is -2.36. The normalized spacial score (nSPS) is 16.9. The number of para-hydroxylation sites is 1. The van der Waals surface area contributed by atoms with Crippen LogP contribution in [0.3, 0.4) is 0 Å². The van der Waals surface area contributed by atoms with E-state index in [9.17, 15) is 4.79 Å². The van der Waals surface area contributed by atoms with Crippen molar-refractivity contribution in [2.75, 3.05) is 38.2 Å². The summed E-state index contributed by atoms with van der Waals surface area (Å²) in [5, 5.41) is 1.46. The van der Waals surface area contributed by atoms with Gasteiger partial charge in [-0.1, -0.05) is 48.0 Å². The van der Waals surface area contributed by atoms with Crippen molar-refractivity contribution in [3.63, 3.8) is 0 Å². The molecule has 0 unspecified atom stereocenters. The van der Waals surface area contributed by atoms with E-state index in [1.807, 2.05) is 54.6 Å². The minimum atomic E-state index is -0.206. The molecule has 8 heteroatoms. The van der Waals surface area contributed by atoms with Gasteiger partial charge in [-0.3, -0.25) is 4.79 Å². The van der Waals surface area contributed by atoms with Crippen LogP contribution in [0.5, 0.6) is 11.5 Å². The van der Waals surface area contributed by atoms with Crippen molar-refractivity contribution < 1.29 is 14.3 Å². The Morgan fingerprint density at radius 1 is 0.944 bits per heavy atom. The minimum absolute atomic E-state index is 0.206. The van der Waals surface area contributed by atoms with E-state index in [1.54, 1.807) is 7.11 Å². The summed E-state index contributed by atoms with van der Waals surface area (Å²) in [6.45, 7) is 3.84. The van der Waals surface area contributed by atoms with E-state index in [1.165, 1.54) is 17.4 Å². The Balaban J connectivity index is 1.21. The summed E-state index contributed by atoms with van der Waals surface area (Å²) in [4.78, 5) is 22.1. The zero-order chi connectivity index (χ0) is 24.9. The van der Waals surface area contributed by atoms with Gasteiger partial charge in [0.1, 0.15) is 6.61 Å². The summed E-state index contributed by atoms with van der Waals surface area (Å²) in [5.41, 5.74) is 3.09. The zero-order valence-electron chi connectivity index (χ0n) is 19.9. The van der Waals surface area contributed by atoms with Crippen molar-refractivity contribution >= 4 is 46.2 Å². The lowest BCUT2D eigenvalue weighted by Crippen LogP contribution is -2.47. The number of ether oxygens (including phenoxy) is 2. The van der Waals surface area contributed by atoms with Gasteiger partial charge in [0.2, 0.25) is 0 Å². The maximum Gasteiger partial charge on any atom is 0.286 e. The van der Waals surface area contributed by atoms with Gasteiger partial charge < -0.3 is 19.3 Å². The Morgan fingerprint density at radius 2 is 1.67 bits per heavy atom. The molecule has 2 aliphatic rings. The highest BCUT2D eigenvalue weighted by Crippen LogP contribution is 2.34. The molecule has 3 aromatic carbocycles. The van der Waals surface area contributed by atoms with Crippen LogP contribution in [0.25, 0.3) is 6.08 Å². The van der Waals surface area contributed by atoms with E-state index >= 15 is 0 Å². The van der Waals surface area contributed by atoms with E-state index in [2.05, 4.69) is 39.1 Å². The lowest BCUT2D eigenvalue weighted by atomic mass is 10.2. The van der Waals surface area contributed by atoms with Crippen molar-refractivity contribution in [1.82, 2.24) is 4.90 Å². The quantitative estimate of drug-likeness (QED) is 0.388. The van der Waals surface area contributed by atoms with Crippen molar-refractivity contribution in [3.05, 3.63) is 93.9 Å². The fourth-order valence-corrected chi connectivity index (χ4v) is 5.21. The Labute approximate surface area is 220 Å². The molecule has 1 amide bonds. The second-order valence-electron chi connectivity index (χ2n) is 8.45. The monoisotopic (exact) mass is 519 g/mol. The molecule has 0 N–H and O–H groups in total. The maximum atomic E-state index is 12.6. The van der Waals surface area contributed by atoms with Crippen LogP contribution in [-0.4, -0.2) is 49.3 Å². The van der Waals surface area contributed by atoms with Gasteiger partial charge in [-0.05, 0) is 65.4 Å². The number of amides is 1. The number of aliphatic imine (C=N–C) groups is 1. The van der Waals surface area contributed by atoms with E-state index in [0.29, 0.717) is 28.0 Å². The van der Waals surface area contributed by atoms with Gasteiger partial charge >= 0.3 is 0 Å². The summed E-state index contributed by atoms with van der Waals surface area (Å²) in [6.07, 6.45) is 1.86. The number of carbonyl (C=O) groups excluding carboxylic acids is 1. The number of amidine groups is 1. The molecule has 1 fully saturated rings. The smallest absolute Gasteiger partial charge is 0.286 e. The number of anilines is 1. The number of rotatable bonds is 6. The molecular formula is C28H26ClN3O3S. The van der Waals surface area contributed by atoms with Crippen molar-refractivity contribution in [3.8, 4) is 11.5 Å². The molecule has 1 saturated heterocycles. The first-order valence-corrected chi connectivity index (χ1v) is 12.9. The van der Waals surface area contributed by atoms with Gasteiger partial charge in [-0.15, -0.1) is 0 Å². The van der Waals surface area contributed by atoms with Crippen LogP contribution in [0.1, 0.15) is 11.1 Å². The van der Waals surface area contributed by atoms with Crippen LogP contribution in [0.4, 0.5) is 5.69 Å². The SMILES string of the molecule is COc1cc(C=C2SC(N3CCN(c4ccccc4)CC3)=NC2=O)ccc1OCc1ccc(Cl)cc1. The first kappa shape index (κ1) is 24.3. The van der Waals surface area contributed by atoms with E-state index in [-0.39, 0.29) is 5.91 Å². The van der Waals surface area contributed by atoms with Gasteiger partial charge in [0.15, 0.2) is 16.7 Å². The summed E-state index contributed by atoms with van der Waals surface area (Å²) >= 11 is 7.38. The highest BCUT2D eigenvalue weighted by Gasteiger charge is 2.28. The zero-order valence-corrected chi connectivity index (χ0v) is 21.5. The molecule has 0 bridgehead atoms. The van der Waals surface area contributed by atoms with Crippen LogP contribution in [0, 0.1) is 0 Å². The first-order chi connectivity index (χ1) is 17.6. The van der Waals surface area contributed by atoms with Crippen LogP contribution < -0.4 is 14.4 Å². The summed E-state index contributed by atoms with van der Waals surface area (Å²) < 4.78 is 11.5. The van der Waals surface area contributed by atoms with Crippen molar-refractivity contribution in [2.24, 2.45) is 4.99 Å². The average Bonchev–Trinajstić information content (AvgIpc) is 3.29. The van der Waals surface area contributed by atoms with Crippen molar-refractivity contribution in [2.45, 2.75) is 6.61 Å². The number of thioether (sulfide) groups is 1. The largest absolute Gasteiger partial charge is 0.493 e. The second kappa shape index (κ2) is 11.1. The number of carbonyl (C=O) groups is 1. The van der Waals surface area contributed by atoms with Gasteiger partial charge in [-0.2, -0.15) is 4.99 Å². The molecule has 5 rings (SSSR count). The maximum absolute atomic E-state index is 12.6. The number of benzene rings is 3. The first-order valence-electron chi connectivity index (χ1n) is 11.7. The number of methoxy groups -OCH3 is 1. The van der Waals surface area contributed by atoms with Gasteiger partial charge in [0.25, 0.3) is 5.91 Å². The Kier molecular flexibility index (Phi) is 7.49. The Bertz CT molecular complexity index is 1290. The Morgan fingerprint density at radius 3 is 2.39 bits per heavy atom. The van der Waals surface area contributed by atoms with Crippen LogP contribution in [0.2, 0.25) is 5.02 Å². The molecule has 36 heavy (non-hydrogen) atoms. The number of piperazine rings is 1. The highest BCUT2D eigenvalue weighted by molar-refractivity contribution is 8.18. The number of hydrogen-bond acceptors (Lipinski definition) is 6. The molecule has 184 valence electrons. The molecule has 3 aromatic rings. The fraction of sp³-hybridized carbons (Fsp3) is 0.214. The third kappa shape index (κ3) is 5.69. The molecule has 0 spiro atoms. The molecular weight excluding hydrogens is 494 g/mol. The number of halogens is 1. The molecule has 0 atom stereocenters. The fourth-order valence-electron chi connectivity index (χ4n) is 4.11. The lowest BCUT2D eigenvalue weighted by molar-refractivity contribution is -0.113. The van der Waals surface area contributed by atoms with Crippen LogP contribution >= 0.6 is 23.4 Å². The standard InChI is InChI=1S/C28H26ClN3O3S/c1-34-25-17-21(9-12-24(25)35-19-20-7-10-22(29)11-8-20)18-26-27(33)30-28(36-26)32-15-13-31(14-16-32)23-5-3-2-4-6-23/h2-12,17-18H,13-16,19H2,1H3. The average molecular weight is 520 g/mol. The summed E-state index contributed by atoms with van der Waals surface area (Å²) in [7, 11) is 1.60. The van der Waals surface area contributed by atoms with Gasteiger partial charge in [0.05, 0.1) is 12.0 Å². The molecule has 0 radical (unpaired) electrons. The van der Waals surface area contributed by atoms with Crippen LogP contribution in [-0.2, 0) is 11.4 Å². The minimum Gasteiger partial charge on any atom is -0.493 e. The third-order valence-electron chi connectivity index (χ3n) is 6.07. The number of hydrogen-bond donors (Lipinski definition) is 0. The molecule has 2 heterocycles. The summed E-state index contributed by atoms with van der Waals surface area (Å²) in [5.74, 6) is 1.03. The number of nitrogens with zero attached hydrogens (tertiary/aromatic N) is 3. The Hall–Kier alpha value is -3.42. The van der Waals surface area contributed by atoms with E-state index in [0.717, 1.165) is 42.5 Å². The van der Waals surface area contributed by atoms with E-state index in [4.69, 9.17) is 21.1 Å². The molecule has 2 aliphatic heterocycles. The molecule has 0 aliphatic carbocycles. The van der Waals surface area contributed by atoms with Crippen LogP contribution in [0.15, 0.2) is 82.7 Å². The molecule has 0 saturated carbocycles. The topological polar surface area (TPSA) is 54.4 Å². The summed E-state index contributed by atoms with van der Waals surface area (Å²) in [6, 6.07) is 23.6. The van der Waals surface area contributed by atoms with E-state index < -0.39 is 0 Å². The van der Waals surface area contributed by atoms with Gasteiger partial charge in [-0.25, -0.2) is 0 Å². The van der Waals surface area contributed by atoms with Gasteiger partial charge in [0, 0.05) is 36.9 Å². The molecule has 0 aromatic heterocycles. The highest BCUT2D eigenvalue weighted by atomic mass is 35.5. The molecule has 6 nitrogen and oxygen atoms in total.